The fraction of sp³-hybridized carbons (Fsp3) is 1.00. The maximum atomic E-state index is 5.90. The van der Waals surface area contributed by atoms with Crippen molar-refractivity contribution in [1.29, 1.82) is 0 Å². The fourth-order valence-electron chi connectivity index (χ4n) is 3.06. The van der Waals surface area contributed by atoms with Crippen LogP contribution in [0.25, 0.3) is 0 Å². The Balaban J connectivity index is 1.43. The third-order valence-corrected chi connectivity index (χ3v) is 4.13. The van der Waals surface area contributed by atoms with E-state index in [1.165, 1.54) is 44.9 Å². The lowest BCUT2D eigenvalue weighted by Gasteiger charge is -2.22. The highest BCUT2D eigenvalue weighted by Gasteiger charge is 2.20. The molecule has 0 spiro atoms. The van der Waals surface area contributed by atoms with Gasteiger partial charge in [-0.25, -0.2) is 0 Å². The van der Waals surface area contributed by atoms with Crippen molar-refractivity contribution in [1.82, 2.24) is 5.32 Å². The molecule has 0 amide bonds. The minimum Gasteiger partial charge on any atom is -0.378 e. The van der Waals surface area contributed by atoms with Crippen LogP contribution in [0.2, 0.25) is 0 Å². The van der Waals surface area contributed by atoms with Crippen LogP contribution in [-0.4, -0.2) is 31.3 Å². The molecule has 2 saturated carbocycles. The summed E-state index contributed by atoms with van der Waals surface area (Å²) in [6, 6.07) is 1.10. The van der Waals surface area contributed by atoms with E-state index in [4.69, 9.17) is 10.5 Å². The molecule has 0 aliphatic heterocycles. The number of nitrogens with two attached hydrogens (primary N) is 1. The van der Waals surface area contributed by atoms with Crippen molar-refractivity contribution < 1.29 is 4.74 Å². The second-order valence-corrected chi connectivity index (χ2v) is 5.71. The number of nitrogens with one attached hydrogen (secondary N) is 1. The summed E-state index contributed by atoms with van der Waals surface area (Å²) in [6.07, 6.45) is 12.0. The Morgan fingerprint density at radius 1 is 1.06 bits per heavy atom. The molecule has 2 aliphatic rings. The molecule has 0 aromatic carbocycles. The van der Waals surface area contributed by atoms with E-state index in [0.29, 0.717) is 18.2 Å². The molecule has 0 heterocycles. The molecule has 2 aliphatic carbocycles. The van der Waals surface area contributed by atoms with Crippen LogP contribution in [0.1, 0.15) is 57.8 Å². The summed E-state index contributed by atoms with van der Waals surface area (Å²) in [5, 5.41) is 3.59. The Morgan fingerprint density at radius 3 is 2.59 bits per heavy atom. The quantitative estimate of drug-likeness (QED) is 0.700. The van der Waals surface area contributed by atoms with Crippen molar-refractivity contribution in [2.24, 2.45) is 5.73 Å². The van der Waals surface area contributed by atoms with Gasteiger partial charge in [0.25, 0.3) is 0 Å². The van der Waals surface area contributed by atoms with Crippen LogP contribution in [0.3, 0.4) is 0 Å². The first-order valence-corrected chi connectivity index (χ1v) is 7.45. The summed E-state index contributed by atoms with van der Waals surface area (Å²) in [4.78, 5) is 0. The summed E-state index contributed by atoms with van der Waals surface area (Å²) in [5.41, 5.74) is 5.89. The lowest BCUT2D eigenvalue weighted by Crippen LogP contribution is -2.30. The molecule has 2 atom stereocenters. The predicted octanol–water partition coefficient (Wildman–Crippen LogP) is 2.20. The smallest absolute Gasteiger partial charge is 0.0575 e. The Labute approximate surface area is 105 Å². The first kappa shape index (κ1) is 13.3. The number of hydrogen-bond acceptors (Lipinski definition) is 3. The highest BCUT2D eigenvalue weighted by Crippen LogP contribution is 2.20. The topological polar surface area (TPSA) is 47.3 Å². The molecule has 2 fully saturated rings. The zero-order chi connectivity index (χ0) is 11.9. The molecule has 3 N–H and O–H groups in total. The first-order chi connectivity index (χ1) is 8.34. The van der Waals surface area contributed by atoms with E-state index in [1.807, 2.05) is 0 Å². The van der Waals surface area contributed by atoms with Gasteiger partial charge in [0.1, 0.15) is 0 Å². The molecule has 0 aromatic heterocycles. The van der Waals surface area contributed by atoms with Crippen LogP contribution < -0.4 is 11.1 Å². The maximum Gasteiger partial charge on any atom is 0.0575 e. The zero-order valence-electron chi connectivity index (χ0n) is 11.0. The van der Waals surface area contributed by atoms with Crippen molar-refractivity contribution in [3.8, 4) is 0 Å². The van der Waals surface area contributed by atoms with E-state index >= 15 is 0 Å². The third kappa shape index (κ3) is 4.94. The average molecular weight is 240 g/mol. The van der Waals surface area contributed by atoms with E-state index < -0.39 is 0 Å². The maximum absolute atomic E-state index is 5.90. The predicted molar refractivity (Wildman–Crippen MR) is 71.1 cm³/mol. The summed E-state index contributed by atoms with van der Waals surface area (Å²) in [7, 11) is 0. The molecular weight excluding hydrogens is 212 g/mol. The van der Waals surface area contributed by atoms with Gasteiger partial charge >= 0.3 is 0 Å². The number of hydrogen-bond donors (Lipinski definition) is 2. The highest BCUT2D eigenvalue weighted by molar-refractivity contribution is 4.82. The molecule has 17 heavy (non-hydrogen) atoms. The Kier molecular flexibility index (Phi) is 5.75. The van der Waals surface area contributed by atoms with Gasteiger partial charge in [0.05, 0.1) is 6.10 Å². The number of ether oxygens (including phenoxy) is 1. The van der Waals surface area contributed by atoms with Crippen molar-refractivity contribution in [2.45, 2.75) is 76.0 Å². The molecular formula is C14H28N2O. The first-order valence-electron chi connectivity index (χ1n) is 7.45. The second kappa shape index (κ2) is 7.34. The normalized spacial score (nSPS) is 30.9. The van der Waals surface area contributed by atoms with E-state index in [2.05, 4.69) is 5.32 Å². The van der Waals surface area contributed by atoms with Gasteiger partial charge in [-0.15, -0.1) is 0 Å². The molecule has 0 radical (unpaired) electrons. The van der Waals surface area contributed by atoms with Crippen molar-refractivity contribution in [2.75, 3.05) is 13.2 Å². The van der Waals surface area contributed by atoms with Crippen LogP contribution in [-0.2, 0) is 4.74 Å². The third-order valence-electron chi connectivity index (χ3n) is 4.13. The van der Waals surface area contributed by atoms with Gasteiger partial charge in [0.15, 0.2) is 0 Å². The average Bonchev–Trinajstić information content (AvgIpc) is 2.76. The molecule has 2 rings (SSSR count). The largest absolute Gasteiger partial charge is 0.378 e. The van der Waals surface area contributed by atoms with Crippen LogP contribution in [0.4, 0.5) is 0 Å². The molecule has 3 heteroatoms. The lowest BCUT2D eigenvalue weighted by molar-refractivity contribution is 0.0271. The van der Waals surface area contributed by atoms with Crippen LogP contribution in [0.15, 0.2) is 0 Å². The van der Waals surface area contributed by atoms with E-state index in [9.17, 15) is 0 Å². The van der Waals surface area contributed by atoms with Gasteiger partial charge in [0, 0.05) is 18.7 Å². The van der Waals surface area contributed by atoms with E-state index in [0.717, 1.165) is 26.0 Å². The number of rotatable bonds is 6. The Hall–Kier alpha value is -0.120. The molecule has 3 nitrogen and oxygen atoms in total. The standard InChI is InChI=1S/C14H28N2O/c15-12-7-8-13(11-12)16-9-4-10-17-14-5-2-1-3-6-14/h12-14,16H,1-11,15H2. The Morgan fingerprint density at radius 2 is 1.88 bits per heavy atom. The summed E-state index contributed by atoms with van der Waals surface area (Å²) < 4.78 is 5.90. The van der Waals surface area contributed by atoms with Gasteiger partial charge in [-0.1, -0.05) is 19.3 Å². The van der Waals surface area contributed by atoms with Gasteiger partial charge in [-0.3, -0.25) is 0 Å². The van der Waals surface area contributed by atoms with Crippen molar-refractivity contribution in [3.63, 3.8) is 0 Å². The zero-order valence-corrected chi connectivity index (χ0v) is 11.0. The molecule has 0 aromatic rings. The minimum absolute atomic E-state index is 0.436. The van der Waals surface area contributed by atoms with Gasteiger partial charge in [-0.2, -0.15) is 0 Å². The van der Waals surface area contributed by atoms with Gasteiger partial charge in [-0.05, 0) is 45.1 Å². The van der Waals surface area contributed by atoms with Crippen LogP contribution in [0, 0.1) is 0 Å². The van der Waals surface area contributed by atoms with Crippen LogP contribution in [0.5, 0.6) is 0 Å². The molecule has 100 valence electrons. The molecule has 0 bridgehead atoms. The van der Waals surface area contributed by atoms with Crippen molar-refractivity contribution >= 4 is 0 Å². The molecule has 2 unspecified atom stereocenters. The molecule has 0 saturated heterocycles. The van der Waals surface area contributed by atoms with Gasteiger partial charge < -0.3 is 15.8 Å². The van der Waals surface area contributed by atoms with Crippen molar-refractivity contribution in [3.05, 3.63) is 0 Å². The summed E-state index contributed by atoms with van der Waals surface area (Å²) in [5.74, 6) is 0. The van der Waals surface area contributed by atoms with Gasteiger partial charge in [0.2, 0.25) is 0 Å². The SMILES string of the molecule is NC1CCC(NCCCOC2CCCCC2)C1. The summed E-state index contributed by atoms with van der Waals surface area (Å²) >= 11 is 0. The van der Waals surface area contributed by atoms with Crippen LogP contribution >= 0.6 is 0 Å². The monoisotopic (exact) mass is 240 g/mol. The lowest BCUT2D eigenvalue weighted by atomic mass is 9.98. The Bertz CT molecular complexity index is 198. The minimum atomic E-state index is 0.436. The summed E-state index contributed by atoms with van der Waals surface area (Å²) in [6.45, 7) is 2.01. The second-order valence-electron chi connectivity index (χ2n) is 5.71. The fourth-order valence-corrected chi connectivity index (χ4v) is 3.06. The van der Waals surface area contributed by atoms with E-state index in [-0.39, 0.29) is 0 Å². The van der Waals surface area contributed by atoms with E-state index in [1.54, 1.807) is 0 Å². The highest BCUT2D eigenvalue weighted by atomic mass is 16.5.